The summed E-state index contributed by atoms with van der Waals surface area (Å²) in [7, 11) is 0. The van der Waals surface area contributed by atoms with Crippen LogP contribution in [0, 0.1) is 0 Å². The van der Waals surface area contributed by atoms with Gasteiger partial charge >= 0.3 is 0 Å². The number of hydrogen-bond donors (Lipinski definition) is 1. The number of nitrogens with one attached hydrogen (secondary N) is 1. The van der Waals surface area contributed by atoms with E-state index in [9.17, 15) is 4.79 Å². The SMILES string of the molecule is C=C(C)CNC(=O)CCCC. The molecule has 2 heteroatoms. The summed E-state index contributed by atoms with van der Waals surface area (Å²) in [4.78, 5) is 11.0. The molecule has 64 valence electrons. The van der Waals surface area contributed by atoms with E-state index in [1.807, 2.05) is 6.92 Å². The van der Waals surface area contributed by atoms with Gasteiger partial charge in [0, 0.05) is 13.0 Å². The fraction of sp³-hybridized carbons (Fsp3) is 0.667. The quantitative estimate of drug-likeness (QED) is 0.603. The molecule has 0 heterocycles. The molecule has 1 amide bonds. The molecule has 0 bridgehead atoms. The average molecular weight is 155 g/mol. The van der Waals surface area contributed by atoms with Crippen molar-refractivity contribution in [2.24, 2.45) is 0 Å². The highest BCUT2D eigenvalue weighted by atomic mass is 16.1. The third-order valence-corrected chi connectivity index (χ3v) is 1.34. The predicted molar refractivity (Wildman–Crippen MR) is 47.3 cm³/mol. The number of rotatable bonds is 5. The van der Waals surface area contributed by atoms with Crippen LogP contribution in [0.2, 0.25) is 0 Å². The molecule has 0 unspecified atom stereocenters. The second-order valence-electron chi connectivity index (χ2n) is 2.84. The molecule has 0 aliphatic rings. The summed E-state index contributed by atoms with van der Waals surface area (Å²) in [6, 6.07) is 0. The van der Waals surface area contributed by atoms with Gasteiger partial charge in [-0.3, -0.25) is 4.79 Å². The minimum Gasteiger partial charge on any atom is -0.352 e. The standard InChI is InChI=1S/C9H17NO/c1-4-5-6-9(11)10-7-8(2)3/h2,4-7H2,1,3H3,(H,10,11). The second-order valence-corrected chi connectivity index (χ2v) is 2.84. The van der Waals surface area contributed by atoms with Crippen molar-refractivity contribution in [1.29, 1.82) is 0 Å². The molecule has 0 atom stereocenters. The van der Waals surface area contributed by atoms with Crippen LogP contribution in [-0.2, 0) is 4.79 Å². The molecule has 0 rings (SSSR count). The van der Waals surface area contributed by atoms with Gasteiger partial charge in [-0.2, -0.15) is 0 Å². The van der Waals surface area contributed by atoms with E-state index in [2.05, 4.69) is 18.8 Å². The average Bonchev–Trinajstić information content (AvgIpc) is 1.97. The van der Waals surface area contributed by atoms with Gasteiger partial charge in [0.1, 0.15) is 0 Å². The van der Waals surface area contributed by atoms with Crippen LogP contribution >= 0.6 is 0 Å². The largest absolute Gasteiger partial charge is 0.352 e. The van der Waals surface area contributed by atoms with Crippen molar-refractivity contribution in [3.63, 3.8) is 0 Å². The maximum atomic E-state index is 11.0. The van der Waals surface area contributed by atoms with Crippen molar-refractivity contribution in [3.05, 3.63) is 12.2 Å². The first-order chi connectivity index (χ1) is 5.16. The van der Waals surface area contributed by atoms with Crippen LogP contribution in [0.25, 0.3) is 0 Å². The van der Waals surface area contributed by atoms with E-state index < -0.39 is 0 Å². The Bertz CT molecular complexity index is 140. The van der Waals surface area contributed by atoms with Crippen LogP contribution in [0.3, 0.4) is 0 Å². The molecule has 1 N–H and O–H groups in total. The summed E-state index contributed by atoms with van der Waals surface area (Å²) in [5.74, 6) is 0.134. The van der Waals surface area contributed by atoms with Crippen molar-refractivity contribution < 1.29 is 4.79 Å². The van der Waals surface area contributed by atoms with E-state index in [1.165, 1.54) is 0 Å². The summed E-state index contributed by atoms with van der Waals surface area (Å²) in [5.41, 5.74) is 0.995. The van der Waals surface area contributed by atoms with Gasteiger partial charge < -0.3 is 5.32 Å². The molecule has 0 aromatic rings. The zero-order valence-electron chi connectivity index (χ0n) is 7.44. The number of carbonyl (C=O) groups excluding carboxylic acids is 1. The molecule has 0 aromatic heterocycles. The van der Waals surface area contributed by atoms with Gasteiger partial charge in [-0.15, -0.1) is 0 Å². The molecule has 0 saturated heterocycles. The smallest absolute Gasteiger partial charge is 0.220 e. The fourth-order valence-electron chi connectivity index (χ4n) is 0.675. The third kappa shape index (κ3) is 7.10. The van der Waals surface area contributed by atoms with Crippen molar-refractivity contribution >= 4 is 5.91 Å². The highest BCUT2D eigenvalue weighted by molar-refractivity contribution is 5.76. The lowest BCUT2D eigenvalue weighted by molar-refractivity contribution is -0.121. The highest BCUT2D eigenvalue weighted by Crippen LogP contribution is 1.93. The number of unbranched alkanes of at least 4 members (excludes halogenated alkanes) is 1. The van der Waals surface area contributed by atoms with Crippen molar-refractivity contribution in [1.82, 2.24) is 5.32 Å². The first-order valence-corrected chi connectivity index (χ1v) is 4.08. The topological polar surface area (TPSA) is 29.1 Å². The van der Waals surface area contributed by atoms with E-state index in [0.717, 1.165) is 18.4 Å². The van der Waals surface area contributed by atoms with Crippen LogP contribution in [0.1, 0.15) is 33.1 Å². The Kier molecular flexibility index (Phi) is 5.53. The van der Waals surface area contributed by atoms with Gasteiger partial charge in [0.15, 0.2) is 0 Å². The molecule has 0 fully saturated rings. The fourth-order valence-corrected chi connectivity index (χ4v) is 0.675. The lowest BCUT2D eigenvalue weighted by atomic mass is 10.2. The van der Waals surface area contributed by atoms with Crippen molar-refractivity contribution in [3.8, 4) is 0 Å². The minimum absolute atomic E-state index is 0.134. The molecule has 0 aromatic carbocycles. The van der Waals surface area contributed by atoms with E-state index in [-0.39, 0.29) is 5.91 Å². The Morgan fingerprint density at radius 3 is 2.64 bits per heavy atom. The van der Waals surface area contributed by atoms with Crippen molar-refractivity contribution in [2.45, 2.75) is 33.1 Å². The zero-order valence-corrected chi connectivity index (χ0v) is 7.44. The van der Waals surface area contributed by atoms with Crippen LogP contribution in [-0.4, -0.2) is 12.5 Å². The maximum absolute atomic E-state index is 11.0. The Morgan fingerprint density at radius 1 is 1.55 bits per heavy atom. The Balaban J connectivity index is 3.30. The minimum atomic E-state index is 0.134. The summed E-state index contributed by atoms with van der Waals surface area (Å²) >= 11 is 0. The molecule has 2 nitrogen and oxygen atoms in total. The zero-order chi connectivity index (χ0) is 8.69. The Morgan fingerprint density at radius 2 is 2.18 bits per heavy atom. The van der Waals surface area contributed by atoms with Crippen LogP contribution in [0.4, 0.5) is 0 Å². The van der Waals surface area contributed by atoms with Gasteiger partial charge in [-0.1, -0.05) is 25.5 Å². The number of amides is 1. The highest BCUT2D eigenvalue weighted by Gasteiger charge is 1.97. The summed E-state index contributed by atoms with van der Waals surface area (Å²) in [6.45, 7) is 8.28. The Hall–Kier alpha value is -0.790. The summed E-state index contributed by atoms with van der Waals surface area (Å²) in [6.07, 6.45) is 2.69. The predicted octanol–water partition coefficient (Wildman–Crippen LogP) is 1.87. The molecular weight excluding hydrogens is 138 g/mol. The second kappa shape index (κ2) is 5.96. The molecule has 0 aliphatic heterocycles. The van der Waals surface area contributed by atoms with E-state index in [1.54, 1.807) is 0 Å². The van der Waals surface area contributed by atoms with Crippen LogP contribution in [0.15, 0.2) is 12.2 Å². The lowest BCUT2D eigenvalue weighted by Gasteiger charge is -2.02. The van der Waals surface area contributed by atoms with Gasteiger partial charge in [0.25, 0.3) is 0 Å². The Labute approximate surface area is 68.7 Å². The van der Waals surface area contributed by atoms with Crippen LogP contribution < -0.4 is 5.32 Å². The molecule has 0 saturated carbocycles. The van der Waals surface area contributed by atoms with Gasteiger partial charge in [0.2, 0.25) is 5.91 Å². The molecule has 0 aliphatic carbocycles. The first-order valence-electron chi connectivity index (χ1n) is 4.08. The van der Waals surface area contributed by atoms with Gasteiger partial charge in [-0.05, 0) is 13.3 Å². The van der Waals surface area contributed by atoms with E-state index >= 15 is 0 Å². The monoisotopic (exact) mass is 155 g/mol. The molecule has 0 spiro atoms. The van der Waals surface area contributed by atoms with E-state index in [4.69, 9.17) is 0 Å². The summed E-state index contributed by atoms with van der Waals surface area (Å²) in [5, 5.41) is 2.78. The summed E-state index contributed by atoms with van der Waals surface area (Å²) < 4.78 is 0. The molecule has 11 heavy (non-hydrogen) atoms. The third-order valence-electron chi connectivity index (χ3n) is 1.34. The van der Waals surface area contributed by atoms with Crippen molar-refractivity contribution in [2.75, 3.05) is 6.54 Å². The lowest BCUT2D eigenvalue weighted by Crippen LogP contribution is -2.24. The molecular formula is C9H17NO. The molecule has 0 radical (unpaired) electrons. The van der Waals surface area contributed by atoms with Crippen LogP contribution in [0.5, 0.6) is 0 Å². The number of hydrogen-bond acceptors (Lipinski definition) is 1. The first kappa shape index (κ1) is 10.2. The normalized spacial score (nSPS) is 9.27. The van der Waals surface area contributed by atoms with Gasteiger partial charge in [0.05, 0.1) is 0 Å². The number of carbonyl (C=O) groups is 1. The van der Waals surface area contributed by atoms with E-state index in [0.29, 0.717) is 13.0 Å². The maximum Gasteiger partial charge on any atom is 0.220 e. The van der Waals surface area contributed by atoms with Gasteiger partial charge in [-0.25, -0.2) is 0 Å².